The van der Waals surface area contributed by atoms with Crippen molar-refractivity contribution >= 4 is 5.97 Å². The Morgan fingerprint density at radius 1 is 1.32 bits per heavy atom. The molecule has 0 atom stereocenters. The average Bonchev–Trinajstić information content (AvgIpc) is 2.26. The Bertz CT molecular complexity index is 456. The number of aliphatic carboxylic acids is 1. The summed E-state index contributed by atoms with van der Waals surface area (Å²) in [6.07, 6.45) is 1.68. The molecule has 1 aromatic carbocycles. The van der Waals surface area contributed by atoms with Crippen molar-refractivity contribution in [1.29, 1.82) is 0 Å². The van der Waals surface area contributed by atoms with Crippen LogP contribution in [0.2, 0.25) is 0 Å². The van der Waals surface area contributed by atoms with Crippen LogP contribution >= 0.6 is 0 Å². The number of benzene rings is 1. The lowest BCUT2D eigenvalue weighted by molar-refractivity contribution is -0.137. The normalized spacial score (nSPS) is 11.4. The van der Waals surface area contributed by atoms with E-state index in [0.717, 1.165) is 17.7 Å². The molecule has 0 spiro atoms. The van der Waals surface area contributed by atoms with E-state index in [1.54, 1.807) is 7.11 Å². The topological polar surface area (TPSA) is 46.5 Å². The number of carboxylic acid groups (broad SMARTS) is 1. The zero-order chi connectivity index (χ0) is 14.6. The number of hydrogen-bond acceptors (Lipinski definition) is 2. The summed E-state index contributed by atoms with van der Waals surface area (Å²) >= 11 is 0. The first-order chi connectivity index (χ1) is 8.75. The van der Waals surface area contributed by atoms with Crippen molar-refractivity contribution in [3.05, 3.63) is 28.8 Å². The number of hydrogen-bond donors (Lipinski definition) is 1. The van der Waals surface area contributed by atoms with E-state index in [1.165, 1.54) is 11.1 Å². The summed E-state index contributed by atoms with van der Waals surface area (Å²) in [7, 11) is 1.70. The third-order valence-corrected chi connectivity index (χ3v) is 3.20. The van der Waals surface area contributed by atoms with Gasteiger partial charge in [-0.2, -0.15) is 0 Å². The maximum atomic E-state index is 10.6. The van der Waals surface area contributed by atoms with E-state index < -0.39 is 5.97 Å². The maximum absolute atomic E-state index is 10.6. The van der Waals surface area contributed by atoms with Crippen LogP contribution in [0.15, 0.2) is 12.1 Å². The fourth-order valence-electron chi connectivity index (χ4n) is 2.26. The molecule has 0 saturated carbocycles. The first-order valence-corrected chi connectivity index (χ1v) is 6.65. The summed E-state index contributed by atoms with van der Waals surface area (Å²) in [5, 5.41) is 8.69. The summed E-state index contributed by atoms with van der Waals surface area (Å²) in [6.45, 7) is 8.51. The standard InChI is InChI=1S/C16H24O3/c1-11-9-12(7-6-8-14(17)18)10-13(15(11)19-5)16(2,3)4/h9-10H,6-8H2,1-5H3,(H,17,18). The smallest absolute Gasteiger partial charge is 0.303 e. The van der Waals surface area contributed by atoms with Crippen LogP contribution in [0, 0.1) is 6.92 Å². The largest absolute Gasteiger partial charge is 0.496 e. The summed E-state index contributed by atoms with van der Waals surface area (Å²) in [5.41, 5.74) is 3.49. The molecule has 0 saturated heterocycles. The monoisotopic (exact) mass is 264 g/mol. The van der Waals surface area contributed by atoms with E-state index in [-0.39, 0.29) is 11.8 Å². The van der Waals surface area contributed by atoms with E-state index in [9.17, 15) is 4.79 Å². The van der Waals surface area contributed by atoms with E-state index in [2.05, 4.69) is 32.9 Å². The van der Waals surface area contributed by atoms with Gasteiger partial charge < -0.3 is 9.84 Å². The first-order valence-electron chi connectivity index (χ1n) is 6.65. The van der Waals surface area contributed by atoms with Crippen molar-refractivity contribution in [2.24, 2.45) is 0 Å². The summed E-state index contributed by atoms with van der Waals surface area (Å²) in [4.78, 5) is 10.6. The highest BCUT2D eigenvalue weighted by Gasteiger charge is 2.21. The van der Waals surface area contributed by atoms with Gasteiger partial charge in [-0.25, -0.2) is 0 Å². The fourth-order valence-corrected chi connectivity index (χ4v) is 2.26. The Hall–Kier alpha value is -1.51. The molecular formula is C16H24O3. The third-order valence-electron chi connectivity index (χ3n) is 3.20. The van der Waals surface area contributed by atoms with Gasteiger partial charge in [-0.3, -0.25) is 4.79 Å². The highest BCUT2D eigenvalue weighted by atomic mass is 16.5. The van der Waals surface area contributed by atoms with E-state index in [4.69, 9.17) is 9.84 Å². The molecule has 0 aliphatic rings. The van der Waals surface area contributed by atoms with Crippen LogP contribution in [0.5, 0.6) is 5.75 Å². The maximum Gasteiger partial charge on any atom is 0.303 e. The highest BCUT2D eigenvalue weighted by molar-refractivity contribution is 5.66. The van der Waals surface area contributed by atoms with E-state index in [0.29, 0.717) is 6.42 Å². The molecular weight excluding hydrogens is 240 g/mol. The van der Waals surface area contributed by atoms with Crippen LogP contribution in [-0.4, -0.2) is 18.2 Å². The molecule has 106 valence electrons. The first kappa shape index (κ1) is 15.5. The van der Waals surface area contributed by atoms with Crippen LogP contribution in [-0.2, 0) is 16.6 Å². The second kappa shape index (κ2) is 6.09. The molecule has 1 rings (SSSR count). The van der Waals surface area contributed by atoms with Gasteiger partial charge in [0.05, 0.1) is 7.11 Å². The molecule has 0 fully saturated rings. The van der Waals surface area contributed by atoms with Gasteiger partial charge >= 0.3 is 5.97 Å². The van der Waals surface area contributed by atoms with Gasteiger partial charge in [-0.1, -0.05) is 32.9 Å². The molecule has 0 bridgehead atoms. The minimum Gasteiger partial charge on any atom is -0.496 e. The quantitative estimate of drug-likeness (QED) is 0.882. The lowest BCUT2D eigenvalue weighted by Gasteiger charge is -2.24. The minimum atomic E-state index is -0.735. The Balaban J connectivity index is 3.03. The molecule has 1 N–H and O–H groups in total. The second-order valence-electron chi connectivity index (χ2n) is 5.99. The van der Waals surface area contributed by atoms with Gasteiger partial charge in [-0.15, -0.1) is 0 Å². The number of carboxylic acids is 1. The second-order valence-corrected chi connectivity index (χ2v) is 5.99. The summed E-state index contributed by atoms with van der Waals surface area (Å²) in [5.74, 6) is 0.204. The van der Waals surface area contributed by atoms with E-state index in [1.807, 2.05) is 6.92 Å². The van der Waals surface area contributed by atoms with Gasteiger partial charge in [0, 0.05) is 12.0 Å². The van der Waals surface area contributed by atoms with Crippen LogP contribution < -0.4 is 4.74 Å². The molecule has 0 unspecified atom stereocenters. The Morgan fingerprint density at radius 3 is 2.42 bits per heavy atom. The zero-order valence-corrected chi connectivity index (χ0v) is 12.5. The molecule has 19 heavy (non-hydrogen) atoms. The van der Waals surface area contributed by atoms with Crippen molar-refractivity contribution in [1.82, 2.24) is 0 Å². The molecule has 0 aliphatic heterocycles. The van der Waals surface area contributed by atoms with Crippen molar-refractivity contribution in [2.75, 3.05) is 7.11 Å². The van der Waals surface area contributed by atoms with Crippen molar-refractivity contribution < 1.29 is 14.6 Å². The van der Waals surface area contributed by atoms with Crippen molar-refractivity contribution in [3.8, 4) is 5.75 Å². The van der Waals surface area contributed by atoms with Gasteiger partial charge in [-0.05, 0) is 36.3 Å². The number of carbonyl (C=O) groups is 1. The molecule has 0 heterocycles. The Labute approximate surface area is 115 Å². The predicted molar refractivity (Wildman–Crippen MR) is 77.0 cm³/mol. The fraction of sp³-hybridized carbons (Fsp3) is 0.562. The SMILES string of the molecule is COc1c(C)cc(CCCC(=O)O)cc1C(C)(C)C. The molecule has 3 nitrogen and oxygen atoms in total. The number of methoxy groups -OCH3 is 1. The molecule has 0 aliphatic carbocycles. The van der Waals surface area contributed by atoms with Crippen molar-refractivity contribution in [3.63, 3.8) is 0 Å². The number of aryl methyl sites for hydroxylation is 2. The van der Waals surface area contributed by atoms with Crippen LogP contribution in [0.3, 0.4) is 0 Å². The lowest BCUT2D eigenvalue weighted by Crippen LogP contribution is -2.14. The molecule has 0 aromatic heterocycles. The molecule has 1 aromatic rings. The Kier molecular flexibility index (Phi) is 4.98. The Morgan fingerprint density at radius 2 is 1.95 bits per heavy atom. The van der Waals surface area contributed by atoms with Crippen molar-refractivity contribution in [2.45, 2.75) is 52.4 Å². The third kappa shape index (κ3) is 4.27. The summed E-state index contributed by atoms with van der Waals surface area (Å²) in [6, 6.07) is 4.24. The van der Waals surface area contributed by atoms with Crippen LogP contribution in [0.4, 0.5) is 0 Å². The van der Waals surface area contributed by atoms with E-state index >= 15 is 0 Å². The van der Waals surface area contributed by atoms with Gasteiger partial charge in [0.25, 0.3) is 0 Å². The number of rotatable bonds is 5. The summed E-state index contributed by atoms with van der Waals surface area (Å²) < 4.78 is 5.51. The van der Waals surface area contributed by atoms with Gasteiger partial charge in [0.2, 0.25) is 0 Å². The van der Waals surface area contributed by atoms with Crippen LogP contribution in [0.1, 0.15) is 50.3 Å². The number of ether oxygens (including phenoxy) is 1. The zero-order valence-electron chi connectivity index (χ0n) is 12.5. The lowest BCUT2D eigenvalue weighted by atomic mass is 9.83. The van der Waals surface area contributed by atoms with Crippen LogP contribution in [0.25, 0.3) is 0 Å². The predicted octanol–water partition coefficient (Wildman–Crippen LogP) is 3.71. The molecule has 3 heteroatoms. The molecule has 0 radical (unpaired) electrons. The molecule has 0 amide bonds. The highest BCUT2D eigenvalue weighted by Crippen LogP contribution is 2.35. The van der Waals surface area contributed by atoms with Gasteiger partial charge in [0.15, 0.2) is 0 Å². The minimum absolute atomic E-state index is 0.0128. The van der Waals surface area contributed by atoms with Gasteiger partial charge in [0.1, 0.15) is 5.75 Å². The average molecular weight is 264 g/mol.